The Labute approximate surface area is 111 Å². The number of rotatable bonds is 2. The fraction of sp³-hybridized carbons (Fsp3) is 0. The summed E-state index contributed by atoms with van der Waals surface area (Å²) >= 11 is 4.93. The third-order valence-electron chi connectivity index (χ3n) is 2.33. The first-order valence-corrected chi connectivity index (χ1v) is 6.61. The Hall–Kier alpha value is -1.39. The van der Waals surface area contributed by atoms with Crippen LogP contribution in [0.4, 0.5) is 0 Å². The van der Waals surface area contributed by atoms with Crippen LogP contribution in [0.3, 0.4) is 0 Å². The van der Waals surface area contributed by atoms with Crippen molar-refractivity contribution in [2.45, 2.75) is 0 Å². The molecule has 17 heavy (non-hydrogen) atoms. The highest BCUT2D eigenvalue weighted by molar-refractivity contribution is 9.10. The van der Waals surface area contributed by atoms with Crippen LogP contribution in [0.1, 0.15) is 0 Å². The molecule has 4 heteroatoms. The quantitative estimate of drug-likeness (QED) is 0.687. The number of fused-ring (bicyclic) bond motifs is 1. The van der Waals surface area contributed by atoms with E-state index < -0.39 is 0 Å². The van der Waals surface area contributed by atoms with E-state index in [9.17, 15) is 0 Å². The van der Waals surface area contributed by atoms with Gasteiger partial charge in [-0.2, -0.15) is 0 Å². The average Bonchev–Trinajstić information content (AvgIpc) is 2.81. The van der Waals surface area contributed by atoms with Crippen LogP contribution in [0, 0.1) is 5.38 Å². The van der Waals surface area contributed by atoms with Crippen LogP contribution in [0.5, 0.6) is 11.5 Å². The van der Waals surface area contributed by atoms with Crippen LogP contribution in [0.2, 0.25) is 0 Å². The predicted molar refractivity (Wildman–Crippen MR) is 72.7 cm³/mol. The van der Waals surface area contributed by atoms with E-state index >= 15 is 0 Å². The molecule has 3 aromatic rings. The second-order valence-electron chi connectivity index (χ2n) is 3.47. The van der Waals surface area contributed by atoms with Crippen molar-refractivity contribution in [1.29, 1.82) is 0 Å². The maximum Gasteiger partial charge on any atom is 0.154 e. The molecule has 83 valence electrons. The Morgan fingerprint density at radius 3 is 2.82 bits per heavy atom. The smallest absolute Gasteiger partial charge is 0.154 e. The van der Waals surface area contributed by atoms with Crippen molar-refractivity contribution in [3.05, 3.63) is 52.6 Å². The van der Waals surface area contributed by atoms with E-state index in [4.69, 9.17) is 4.74 Å². The summed E-state index contributed by atoms with van der Waals surface area (Å²) in [6.45, 7) is 0. The fourth-order valence-electron chi connectivity index (χ4n) is 1.52. The average molecular weight is 305 g/mol. The highest BCUT2D eigenvalue weighted by Crippen LogP contribution is 2.31. The van der Waals surface area contributed by atoms with Crippen molar-refractivity contribution in [1.82, 2.24) is 4.98 Å². The number of benzene rings is 1. The Bertz CT molecular complexity index is 648. The lowest BCUT2D eigenvalue weighted by Gasteiger charge is -2.06. The van der Waals surface area contributed by atoms with Gasteiger partial charge in [-0.25, -0.2) is 0 Å². The first-order chi connectivity index (χ1) is 8.33. The largest absolute Gasteiger partial charge is 0.455 e. The Kier molecular flexibility index (Phi) is 2.82. The molecule has 0 aliphatic carbocycles. The van der Waals surface area contributed by atoms with Crippen molar-refractivity contribution < 1.29 is 4.74 Å². The van der Waals surface area contributed by atoms with Crippen LogP contribution < -0.4 is 4.74 Å². The third-order valence-corrected chi connectivity index (χ3v) is 3.64. The number of nitrogens with zero attached hydrogens (tertiary/aromatic N) is 1. The molecular formula is C13H7BrNOS. The number of hydrogen-bond acceptors (Lipinski definition) is 3. The zero-order valence-corrected chi connectivity index (χ0v) is 11.1. The standard InChI is InChI=1S/C13H7BrNOS/c14-9-1-3-10(4-2-9)16-12-7-15-8-13-11(12)5-6-17-13/h1-5,7-8H. The summed E-state index contributed by atoms with van der Waals surface area (Å²) in [5.74, 6) is 1.57. The Morgan fingerprint density at radius 2 is 2.00 bits per heavy atom. The molecular weight excluding hydrogens is 298 g/mol. The molecule has 2 nitrogen and oxygen atoms in total. The molecule has 2 aromatic heterocycles. The second kappa shape index (κ2) is 4.47. The third kappa shape index (κ3) is 2.18. The monoisotopic (exact) mass is 304 g/mol. The van der Waals surface area contributed by atoms with Crippen molar-refractivity contribution in [2.24, 2.45) is 0 Å². The molecule has 0 bridgehead atoms. The van der Waals surface area contributed by atoms with Gasteiger partial charge < -0.3 is 4.74 Å². The lowest BCUT2D eigenvalue weighted by Crippen LogP contribution is -1.85. The van der Waals surface area contributed by atoms with Gasteiger partial charge in [-0.1, -0.05) is 15.9 Å². The van der Waals surface area contributed by atoms with E-state index in [1.807, 2.05) is 36.5 Å². The minimum absolute atomic E-state index is 0.766. The summed E-state index contributed by atoms with van der Waals surface area (Å²) in [6.07, 6.45) is 3.55. The normalized spacial score (nSPS) is 10.6. The van der Waals surface area contributed by atoms with E-state index in [1.54, 1.807) is 6.20 Å². The molecule has 0 amide bonds. The predicted octanol–water partition coefficient (Wildman–Crippen LogP) is 4.65. The van der Waals surface area contributed by atoms with Gasteiger partial charge in [0.15, 0.2) is 5.75 Å². The molecule has 0 N–H and O–H groups in total. The van der Waals surface area contributed by atoms with Crippen molar-refractivity contribution >= 4 is 37.4 Å². The van der Waals surface area contributed by atoms with Gasteiger partial charge in [-0.3, -0.25) is 4.98 Å². The zero-order valence-electron chi connectivity index (χ0n) is 8.68. The van der Waals surface area contributed by atoms with E-state index in [1.165, 1.54) is 11.3 Å². The van der Waals surface area contributed by atoms with Crippen LogP contribution in [0.25, 0.3) is 10.1 Å². The summed E-state index contributed by atoms with van der Waals surface area (Å²) in [5.41, 5.74) is 0. The van der Waals surface area contributed by atoms with Gasteiger partial charge in [0.05, 0.1) is 10.9 Å². The van der Waals surface area contributed by atoms with Gasteiger partial charge in [0, 0.05) is 21.4 Å². The summed E-state index contributed by atoms with van der Waals surface area (Å²) < 4.78 is 7.92. The van der Waals surface area contributed by atoms with Crippen molar-refractivity contribution in [2.75, 3.05) is 0 Å². The molecule has 2 heterocycles. The number of hydrogen-bond donors (Lipinski definition) is 0. The molecule has 0 spiro atoms. The molecule has 0 saturated carbocycles. The SMILES string of the molecule is Brc1ccc(Oc2cncc3s[c]cc23)cc1. The van der Waals surface area contributed by atoms with Gasteiger partial charge in [-0.05, 0) is 30.3 Å². The van der Waals surface area contributed by atoms with Gasteiger partial charge in [-0.15, -0.1) is 11.3 Å². The zero-order chi connectivity index (χ0) is 11.7. The first-order valence-electron chi connectivity index (χ1n) is 5.00. The van der Waals surface area contributed by atoms with E-state index in [0.717, 1.165) is 26.1 Å². The van der Waals surface area contributed by atoms with Crippen molar-refractivity contribution in [3.8, 4) is 11.5 Å². The molecule has 3 rings (SSSR count). The highest BCUT2D eigenvalue weighted by Gasteiger charge is 2.05. The molecule has 1 radical (unpaired) electrons. The molecule has 1 aromatic carbocycles. The van der Waals surface area contributed by atoms with Crippen LogP contribution >= 0.6 is 27.3 Å². The number of halogens is 1. The van der Waals surface area contributed by atoms with Gasteiger partial charge in [0.1, 0.15) is 5.75 Å². The Balaban J connectivity index is 1.99. The summed E-state index contributed by atoms with van der Waals surface area (Å²) in [7, 11) is 0. The van der Waals surface area contributed by atoms with E-state index in [0.29, 0.717) is 0 Å². The van der Waals surface area contributed by atoms with E-state index in [2.05, 4.69) is 26.3 Å². The number of pyridine rings is 1. The Morgan fingerprint density at radius 1 is 1.18 bits per heavy atom. The van der Waals surface area contributed by atoms with Gasteiger partial charge in [0.2, 0.25) is 0 Å². The topological polar surface area (TPSA) is 22.1 Å². The number of ether oxygens (including phenoxy) is 1. The molecule has 0 unspecified atom stereocenters. The minimum atomic E-state index is 0.766. The summed E-state index contributed by atoms with van der Waals surface area (Å²) in [5, 5.41) is 4.14. The van der Waals surface area contributed by atoms with Crippen LogP contribution in [-0.4, -0.2) is 4.98 Å². The molecule has 0 aliphatic heterocycles. The van der Waals surface area contributed by atoms with Crippen LogP contribution in [-0.2, 0) is 0 Å². The van der Waals surface area contributed by atoms with Crippen molar-refractivity contribution in [3.63, 3.8) is 0 Å². The highest BCUT2D eigenvalue weighted by atomic mass is 79.9. The molecule has 0 saturated heterocycles. The molecule has 0 fully saturated rings. The number of thiophene rings is 1. The van der Waals surface area contributed by atoms with Gasteiger partial charge in [0.25, 0.3) is 0 Å². The summed E-state index contributed by atoms with van der Waals surface area (Å²) in [6, 6.07) is 9.65. The summed E-state index contributed by atoms with van der Waals surface area (Å²) in [4.78, 5) is 4.15. The molecule has 0 aliphatic rings. The second-order valence-corrected chi connectivity index (χ2v) is 5.27. The lowest BCUT2D eigenvalue weighted by atomic mass is 10.3. The number of aromatic nitrogens is 1. The maximum atomic E-state index is 5.81. The van der Waals surface area contributed by atoms with E-state index in [-0.39, 0.29) is 0 Å². The minimum Gasteiger partial charge on any atom is -0.455 e. The first kappa shape index (κ1) is 10.7. The maximum absolute atomic E-state index is 5.81. The lowest BCUT2D eigenvalue weighted by molar-refractivity contribution is 0.486. The van der Waals surface area contributed by atoms with Crippen LogP contribution in [0.15, 0.2) is 47.2 Å². The molecule has 0 atom stereocenters. The fourth-order valence-corrected chi connectivity index (χ4v) is 2.47. The van der Waals surface area contributed by atoms with Gasteiger partial charge >= 0.3 is 0 Å².